The van der Waals surface area contributed by atoms with Gasteiger partial charge in [0.15, 0.2) is 0 Å². The maximum Gasteiger partial charge on any atom is 0.124 e. The first kappa shape index (κ1) is 15.5. The molecule has 2 N–H and O–H groups in total. The third kappa shape index (κ3) is 3.87. The highest BCUT2D eigenvalue weighted by Crippen LogP contribution is 2.43. The van der Waals surface area contributed by atoms with Crippen LogP contribution in [0.2, 0.25) is 0 Å². The Bertz CT molecular complexity index is 470. The van der Waals surface area contributed by atoms with Crippen LogP contribution in [0.5, 0.6) is 0 Å². The van der Waals surface area contributed by atoms with E-state index in [2.05, 4.69) is 15.9 Å². The van der Waals surface area contributed by atoms with Crippen LogP contribution in [0.25, 0.3) is 0 Å². The van der Waals surface area contributed by atoms with E-state index in [1.54, 1.807) is 6.07 Å². The first-order chi connectivity index (χ1) is 10.1. The van der Waals surface area contributed by atoms with Gasteiger partial charge in [0.25, 0.3) is 0 Å². The van der Waals surface area contributed by atoms with E-state index in [0.717, 1.165) is 28.3 Å². The second-order valence-corrected chi connectivity index (χ2v) is 7.94. The van der Waals surface area contributed by atoms with Crippen molar-refractivity contribution in [1.29, 1.82) is 0 Å². The summed E-state index contributed by atoms with van der Waals surface area (Å²) < 4.78 is 14.3. The third-order valence-corrected chi connectivity index (χ3v) is 6.04. The lowest BCUT2D eigenvalue weighted by atomic mass is 9.66. The van der Waals surface area contributed by atoms with Crippen molar-refractivity contribution in [2.24, 2.45) is 23.5 Å². The molecule has 0 spiro atoms. The highest BCUT2D eigenvalue weighted by atomic mass is 79.9. The van der Waals surface area contributed by atoms with Crippen molar-refractivity contribution in [2.45, 2.75) is 57.4 Å². The molecule has 2 aliphatic rings. The van der Waals surface area contributed by atoms with Crippen LogP contribution in [0.15, 0.2) is 22.7 Å². The fourth-order valence-corrected chi connectivity index (χ4v) is 4.98. The summed E-state index contributed by atoms with van der Waals surface area (Å²) in [7, 11) is 0. The standard InChI is InChI=1S/C18H25BrFN/c19-16-7-12(8-17(20)11-16)9-18(21)15-6-5-13-3-1-2-4-14(13)10-15/h7-8,11,13-15,18H,1-6,9-10,21H2. The molecule has 0 bridgehead atoms. The molecule has 2 aliphatic carbocycles. The van der Waals surface area contributed by atoms with Crippen LogP contribution < -0.4 is 5.73 Å². The van der Waals surface area contributed by atoms with E-state index in [-0.39, 0.29) is 11.9 Å². The molecule has 1 aromatic rings. The molecule has 0 aliphatic heterocycles. The minimum atomic E-state index is -0.178. The summed E-state index contributed by atoms with van der Waals surface area (Å²) in [5.41, 5.74) is 7.48. The fourth-order valence-electron chi connectivity index (χ4n) is 4.47. The zero-order valence-electron chi connectivity index (χ0n) is 12.5. The molecule has 4 unspecified atom stereocenters. The highest BCUT2D eigenvalue weighted by molar-refractivity contribution is 9.10. The van der Waals surface area contributed by atoms with E-state index >= 15 is 0 Å². The van der Waals surface area contributed by atoms with Gasteiger partial charge < -0.3 is 5.73 Å². The van der Waals surface area contributed by atoms with E-state index in [0.29, 0.717) is 5.92 Å². The number of benzene rings is 1. The number of halogens is 2. The van der Waals surface area contributed by atoms with Gasteiger partial charge in [-0.1, -0.05) is 41.6 Å². The molecular weight excluding hydrogens is 329 g/mol. The summed E-state index contributed by atoms with van der Waals surface area (Å²) >= 11 is 3.36. The van der Waals surface area contributed by atoms with Crippen LogP contribution in [0.3, 0.4) is 0 Å². The van der Waals surface area contributed by atoms with Crippen LogP contribution in [-0.2, 0) is 6.42 Å². The summed E-state index contributed by atoms with van der Waals surface area (Å²) in [6.07, 6.45) is 10.4. The zero-order chi connectivity index (χ0) is 14.8. The number of hydrogen-bond donors (Lipinski definition) is 1. The molecule has 1 aromatic carbocycles. The molecule has 0 saturated heterocycles. The topological polar surface area (TPSA) is 26.0 Å². The summed E-state index contributed by atoms with van der Waals surface area (Å²) in [5.74, 6) is 2.31. The first-order valence-electron chi connectivity index (χ1n) is 8.32. The molecule has 0 amide bonds. The fraction of sp³-hybridized carbons (Fsp3) is 0.667. The van der Waals surface area contributed by atoms with Crippen molar-refractivity contribution in [3.05, 3.63) is 34.1 Å². The van der Waals surface area contributed by atoms with Crippen molar-refractivity contribution in [1.82, 2.24) is 0 Å². The van der Waals surface area contributed by atoms with Gasteiger partial charge in [-0.05, 0) is 67.2 Å². The van der Waals surface area contributed by atoms with E-state index in [9.17, 15) is 4.39 Å². The minimum absolute atomic E-state index is 0.168. The van der Waals surface area contributed by atoms with Crippen molar-refractivity contribution in [3.63, 3.8) is 0 Å². The molecule has 4 atom stereocenters. The molecule has 2 fully saturated rings. The minimum Gasteiger partial charge on any atom is -0.327 e. The van der Waals surface area contributed by atoms with Crippen LogP contribution in [-0.4, -0.2) is 6.04 Å². The second kappa shape index (κ2) is 6.78. The molecule has 3 rings (SSSR count). The molecular formula is C18H25BrFN. The first-order valence-corrected chi connectivity index (χ1v) is 9.11. The number of fused-ring (bicyclic) bond motifs is 1. The Morgan fingerprint density at radius 3 is 2.62 bits per heavy atom. The van der Waals surface area contributed by atoms with Gasteiger partial charge in [-0.25, -0.2) is 4.39 Å². The van der Waals surface area contributed by atoms with Crippen LogP contribution in [0.4, 0.5) is 4.39 Å². The Hall–Kier alpha value is -0.410. The zero-order valence-corrected chi connectivity index (χ0v) is 14.1. The van der Waals surface area contributed by atoms with E-state index in [1.807, 2.05) is 6.07 Å². The van der Waals surface area contributed by atoms with Crippen LogP contribution in [0, 0.1) is 23.6 Å². The quantitative estimate of drug-likeness (QED) is 0.806. The SMILES string of the molecule is NC(Cc1cc(F)cc(Br)c1)C1CCC2CCCCC2C1. The van der Waals surface area contributed by atoms with Crippen molar-refractivity contribution in [3.8, 4) is 0 Å². The Balaban J connectivity index is 1.61. The van der Waals surface area contributed by atoms with Crippen molar-refractivity contribution >= 4 is 15.9 Å². The van der Waals surface area contributed by atoms with E-state index in [4.69, 9.17) is 5.73 Å². The predicted molar refractivity (Wildman–Crippen MR) is 88.6 cm³/mol. The number of hydrogen-bond acceptors (Lipinski definition) is 1. The summed E-state index contributed by atoms with van der Waals surface area (Å²) in [4.78, 5) is 0. The number of nitrogens with two attached hydrogens (primary N) is 1. The van der Waals surface area contributed by atoms with Gasteiger partial charge in [0.05, 0.1) is 0 Å². The van der Waals surface area contributed by atoms with Gasteiger partial charge in [-0.2, -0.15) is 0 Å². The smallest absolute Gasteiger partial charge is 0.124 e. The van der Waals surface area contributed by atoms with E-state index in [1.165, 1.54) is 51.0 Å². The molecule has 116 valence electrons. The lowest BCUT2D eigenvalue weighted by Gasteiger charge is -2.41. The monoisotopic (exact) mass is 353 g/mol. The summed E-state index contributed by atoms with van der Waals surface area (Å²) in [5, 5.41) is 0. The molecule has 1 nitrogen and oxygen atoms in total. The molecule has 3 heteroatoms. The van der Waals surface area contributed by atoms with E-state index < -0.39 is 0 Å². The average Bonchev–Trinajstić information content (AvgIpc) is 2.45. The normalized spacial score (nSPS) is 30.7. The molecule has 0 radical (unpaired) electrons. The summed E-state index contributed by atoms with van der Waals surface area (Å²) in [6, 6.07) is 5.29. The average molecular weight is 354 g/mol. The number of rotatable bonds is 3. The lowest BCUT2D eigenvalue weighted by Crippen LogP contribution is -2.38. The maximum atomic E-state index is 13.5. The summed E-state index contributed by atoms with van der Waals surface area (Å²) in [6.45, 7) is 0. The van der Waals surface area contributed by atoms with Gasteiger partial charge in [-0.15, -0.1) is 0 Å². The highest BCUT2D eigenvalue weighted by Gasteiger charge is 2.34. The molecule has 2 saturated carbocycles. The van der Waals surface area contributed by atoms with Gasteiger partial charge >= 0.3 is 0 Å². The van der Waals surface area contributed by atoms with Crippen LogP contribution in [0.1, 0.15) is 50.5 Å². The van der Waals surface area contributed by atoms with Gasteiger partial charge in [-0.3, -0.25) is 0 Å². The Morgan fingerprint density at radius 1 is 1.10 bits per heavy atom. The van der Waals surface area contributed by atoms with Gasteiger partial charge in [0, 0.05) is 10.5 Å². The van der Waals surface area contributed by atoms with Crippen LogP contribution >= 0.6 is 15.9 Å². The van der Waals surface area contributed by atoms with Crippen molar-refractivity contribution < 1.29 is 4.39 Å². The Labute approximate surface area is 135 Å². The maximum absolute atomic E-state index is 13.5. The second-order valence-electron chi connectivity index (χ2n) is 7.02. The molecule has 21 heavy (non-hydrogen) atoms. The molecule has 0 aromatic heterocycles. The predicted octanol–water partition coefficient (Wildman–Crippen LogP) is 5.06. The lowest BCUT2D eigenvalue weighted by molar-refractivity contribution is 0.117. The Kier molecular flexibility index (Phi) is 5.00. The molecule has 0 heterocycles. The van der Waals surface area contributed by atoms with Gasteiger partial charge in [0.2, 0.25) is 0 Å². The van der Waals surface area contributed by atoms with Gasteiger partial charge in [0.1, 0.15) is 5.82 Å². The largest absolute Gasteiger partial charge is 0.327 e. The third-order valence-electron chi connectivity index (χ3n) is 5.58. The Morgan fingerprint density at radius 2 is 1.86 bits per heavy atom. The van der Waals surface area contributed by atoms with Crippen molar-refractivity contribution in [2.75, 3.05) is 0 Å².